The Morgan fingerprint density at radius 3 is 3.33 bits per heavy atom. The molecule has 1 aliphatic heterocycles. The van der Waals surface area contributed by atoms with Crippen LogP contribution >= 0.6 is 0 Å². The number of hydrogen-bond donors (Lipinski definition) is 1. The van der Waals surface area contributed by atoms with E-state index in [9.17, 15) is 0 Å². The predicted molar refractivity (Wildman–Crippen MR) is 46.2 cm³/mol. The molecular formula is C9H12N2O. The van der Waals surface area contributed by atoms with Crippen molar-refractivity contribution in [3.63, 3.8) is 0 Å². The van der Waals surface area contributed by atoms with Crippen molar-refractivity contribution >= 4 is 0 Å². The Bertz CT molecular complexity index is 286. The monoisotopic (exact) mass is 164 g/mol. The van der Waals surface area contributed by atoms with Gasteiger partial charge < -0.3 is 10.5 Å². The van der Waals surface area contributed by atoms with Crippen molar-refractivity contribution in [1.29, 1.82) is 0 Å². The van der Waals surface area contributed by atoms with E-state index in [4.69, 9.17) is 10.5 Å². The summed E-state index contributed by atoms with van der Waals surface area (Å²) >= 11 is 0. The number of nitrogens with two attached hydrogens (primary N) is 1. The molecule has 3 heteroatoms. The zero-order valence-corrected chi connectivity index (χ0v) is 6.92. The predicted octanol–water partition coefficient (Wildman–Crippen LogP) is 0.518. The molecule has 12 heavy (non-hydrogen) atoms. The van der Waals surface area contributed by atoms with Crippen molar-refractivity contribution in [2.45, 2.75) is 12.8 Å². The van der Waals surface area contributed by atoms with Crippen LogP contribution in [-0.4, -0.2) is 18.1 Å². The third-order valence-corrected chi connectivity index (χ3v) is 2.03. The first-order chi connectivity index (χ1) is 5.90. The first kappa shape index (κ1) is 7.55. The minimum absolute atomic E-state index is 0.659. The normalized spacial score (nSPS) is 14.1. The van der Waals surface area contributed by atoms with Crippen molar-refractivity contribution in [2.24, 2.45) is 5.73 Å². The van der Waals surface area contributed by atoms with Gasteiger partial charge in [-0.15, -0.1) is 0 Å². The van der Waals surface area contributed by atoms with Gasteiger partial charge in [0.05, 0.1) is 12.8 Å². The molecular weight excluding hydrogens is 152 g/mol. The topological polar surface area (TPSA) is 48.1 Å². The number of pyridine rings is 1. The van der Waals surface area contributed by atoms with Gasteiger partial charge in [0.2, 0.25) is 0 Å². The van der Waals surface area contributed by atoms with Crippen molar-refractivity contribution in [1.82, 2.24) is 4.98 Å². The molecule has 0 aliphatic carbocycles. The summed E-state index contributed by atoms with van der Waals surface area (Å²) in [4.78, 5) is 4.24. The van der Waals surface area contributed by atoms with E-state index in [1.807, 2.05) is 0 Å². The van der Waals surface area contributed by atoms with E-state index >= 15 is 0 Å². The SMILES string of the molecule is NCCc1cc2c(cn1)OCC2. The molecule has 0 atom stereocenters. The summed E-state index contributed by atoms with van der Waals surface area (Å²) < 4.78 is 5.34. The van der Waals surface area contributed by atoms with E-state index in [-0.39, 0.29) is 0 Å². The molecule has 0 radical (unpaired) electrons. The van der Waals surface area contributed by atoms with Crippen LogP contribution in [0.4, 0.5) is 0 Å². The Labute approximate surface area is 71.6 Å². The minimum Gasteiger partial charge on any atom is -0.491 e. The first-order valence-corrected chi connectivity index (χ1v) is 4.21. The van der Waals surface area contributed by atoms with Crippen molar-refractivity contribution in [3.8, 4) is 5.75 Å². The summed E-state index contributed by atoms with van der Waals surface area (Å²) in [6, 6.07) is 2.09. The number of aromatic nitrogens is 1. The fourth-order valence-corrected chi connectivity index (χ4v) is 1.41. The minimum atomic E-state index is 0.659. The zero-order chi connectivity index (χ0) is 8.39. The lowest BCUT2D eigenvalue weighted by molar-refractivity contribution is 0.355. The third kappa shape index (κ3) is 1.28. The summed E-state index contributed by atoms with van der Waals surface area (Å²) in [5, 5.41) is 0. The van der Waals surface area contributed by atoms with Gasteiger partial charge in [-0.2, -0.15) is 0 Å². The van der Waals surface area contributed by atoms with E-state index in [0.717, 1.165) is 30.9 Å². The average Bonchev–Trinajstić information content (AvgIpc) is 2.51. The van der Waals surface area contributed by atoms with Crippen LogP contribution < -0.4 is 10.5 Å². The quantitative estimate of drug-likeness (QED) is 0.693. The molecule has 0 saturated carbocycles. The summed E-state index contributed by atoms with van der Waals surface area (Å²) in [5.74, 6) is 0.941. The Hall–Kier alpha value is -1.09. The second-order valence-electron chi connectivity index (χ2n) is 2.92. The average molecular weight is 164 g/mol. The van der Waals surface area contributed by atoms with Crippen LogP contribution in [0.25, 0.3) is 0 Å². The van der Waals surface area contributed by atoms with Crippen LogP contribution in [-0.2, 0) is 12.8 Å². The van der Waals surface area contributed by atoms with Crippen molar-refractivity contribution < 1.29 is 4.74 Å². The summed E-state index contributed by atoms with van der Waals surface area (Å²) in [7, 11) is 0. The molecule has 1 aromatic heterocycles. The lowest BCUT2D eigenvalue weighted by Gasteiger charge is -2.00. The highest BCUT2D eigenvalue weighted by Gasteiger charge is 2.12. The molecule has 0 fully saturated rings. The number of ether oxygens (including phenoxy) is 1. The third-order valence-electron chi connectivity index (χ3n) is 2.03. The van der Waals surface area contributed by atoms with Gasteiger partial charge in [0.1, 0.15) is 5.75 Å². The van der Waals surface area contributed by atoms with Gasteiger partial charge >= 0.3 is 0 Å². The van der Waals surface area contributed by atoms with Crippen molar-refractivity contribution in [2.75, 3.05) is 13.2 Å². The fourth-order valence-electron chi connectivity index (χ4n) is 1.41. The van der Waals surface area contributed by atoms with E-state index in [1.54, 1.807) is 6.20 Å². The second-order valence-corrected chi connectivity index (χ2v) is 2.92. The maximum absolute atomic E-state index is 5.43. The van der Waals surface area contributed by atoms with Crippen molar-refractivity contribution in [3.05, 3.63) is 23.5 Å². The van der Waals surface area contributed by atoms with Gasteiger partial charge in [-0.05, 0) is 12.6 Å². The van der Waals surface area contributed by atoms with E-state index in [2.05, 4.69) is 11.1 Å². The first-order valence-electron chi connectivity index (χ1n) is 4.21. The van der Waals surface area contributed by atoms with Crippen LogP contribution in [0.5, 0.6) is 5.75 Å². The molecule has 0 unspecified atom stereocenters. The number of rotatable bonds is 2. The van der Waals surface area contributed by atoms with Gasteiger partial charge in [0.25, 0.3) is 0 Å². The molecule has 1 aromatic rings. The highest BCUT2D eigenvalue weighted by molar-refractivity contribution is 5.35. The zero-order valence-electron chi connectivity index (χ0n) is 6.92. The maximum atomic E-state index is 5.43. The lowest BCUT2D eigenvalue weighted by atomic mass is 10.1. The molecule has 64 valence electrons. The van der Waals surface area contributed by atoms with Crippen LogP contribution in [0, 0.1) is 0 Å². The number of nitrogens with zero attached hydrogens (tertiary/aromatic N) is 1. The van der Waals surface area contributed by atoms with Crippen LogP contribution in [0.15, 0.2) is 12.3 Å². The van der Waals surface area contributed by atoms with E-state index < -0.39 is 0 Å². The Kier molecular flexibility index (Phi) is 1.96. The molecule has 2 heterocycles. The molecule has 0 amide bonds. The molecule has 2 N–H and O–H groups in total. The molecule has 0 saturated heterocycles. The van der Waals surface area contributed by atoms with Gasteiger partial charge in [-0.1, -0.05) is 0 Å². The fraction of sp³-hybridized carbons (Fsp3) is 0.444. The van der Waals surface area contributed by atoms with Gasteiger partial charge in [0.15, 0.2) is 0 Å². The van der Waals surface area contributed by atoms with Crippen LogP contribution in [0.3, 0.4) is 0 Å². The maximum Gasteiger partial charge on any atom is 0.140 e. The van der Waals surface area contributed by atoms with Crippen LogP contribution in [0.1, 0.15) is 11.3 Å². The standard InChI is InChI=1S/C9H12N2O/c10-3-1-8-5-7-2-4-12-9(7)6-11-8/h5-6H,1-4,10H2. The van der Waals surface area contributed by atoms with Gasteiger partial charge in [-0.3, -0.25) is 4.98 Å². The lowest BCUT2D eigenvalue weighted by Crippen LogP contribution is -2.04. The van der Waals surface area contributed by atoms with E-state index in [0.29, 0.717) is 6.54 Å². The Balaban J connectivity index is 2.26. The Morgan fingerprint density at radius 1 is 1.58 bits per heavy atom. The number of fused-ring (bicyclic) bond motifs is 1. The summed E-state index contributed by atoms with van der Waals surface area (Å²) in [5.41, 5.74) is 7.78. The highest BCUT2D eigenvalue weighted by atomic mass is 16.5. The molecule has 1 aliphatic rings. The molecule has 3 nitrogen and oxygen atoms in total. The van der Waals surface area contributed by atoms with Gasteiger partial charge in [-0.25, -0.2) is 0 Å². The molecule has 0 bridgehead atoms. The summed E-state index contributed by atoms with van der Waals surface area (Å²) in [6.45, 7) is 1.45. The second kappa shape index (κ2) is 3.11. The molecule has 0 spiro atoms. The molecule has 0 aromatic carbocycles. The Morgan fingerprint density at radius 2 is 2.50 bits per heavy atom. The van der Waals surface area contributed by atoms with E-state index in [1.165, 1.54) is 5.56 Å². The highest BCUT2D eigenvalue weighted by Crippen LogP contribution is 2.24. The summed E-state index contributed by atoms with van der Waals surface area (Å²) in [6.07, 6.45) is 3.66. The molecule has 2 rings (SSSR count). The smallest absolute Gasteiger partial charge is 0.140 e. The van der Waals surface area contributed by atoms with Crippen LogP contribution in [0.2, 0.25) is 0 Å². The number of hydrogen-bond acceptors (Lipinski definition) is 3. The van der Waals surface area contributed by atoms with Gasteiger partial charge in [0, 0.05) is 24.1 Å². The largest absolute Gasteiger partial charge is 0.491 e.